The van der Waals surface area contributed by atoms with Crippen molar-refractivity contribution >= 4 is 49.9 Å². The van der Waals surface area contributed by atoms with Crippen LogP contribution in [0.4, 0.5) is 0 Å². The number of amides is 1. The van der Waals surface area contributed by atoms with Crippen LogP contribution in [0.15, 0.2) is 51.4 Å². The maximum absolute atomic E-state index is 12.7. The van der Waals surface area contributed by atoms with Gasteiger partial charge in [-0.25, -0.2) is 13.3 Å². The van der Waals surface area contributed by atoms with E-state index in [1.54, 1.807) is 12.1 Å². The fourth-order valence-corrected chi connectivity index (χ4v) is 5.39. The molecule has 0 saturated heterocycles. The van der Waals surface area contributed by atoms with E-state index in [9.17, 15) is 13.2 Å². The molecule has 2 aromatic carbocycles. The zero-order valence-electron chi connectivity index (χ0n) is 20.5. The van der Waals surface area contributed by atoms with E-state index in [-0.39, 0.29) is 35.0 Å². The molecule has 0 saturated carbocycles. The van der Waals surface area contributed by atoms with Gasteiger partial charge in [-0.2, -0.15) is 9.39 Å². The molecule has 194 valence electrons. The number of amidine groups is 3. The van der Waals surface area contributed by atoms with E-state index in [0.29, 0.717) is 22.8 Å². The third-order valence-electron chi connectivity index (χ3n) is 5.30. The smallest absolute Gasteiger partial charge is 0.283 e. The molecular weight excluding hydrogens is 520 g/mol. The van der Waals surface area contributed by atoms with E-state index in [2.05, 4.69) is 9.39 Å². The molecule has 13 heteroatoms. The molecule has 2 heterocycles. The first-order chi connectivity index (χ1) is 17.6. The number of para-hydroxylation sites is 1. The molecule has 0 fully saturated rings. The van der Waals surface area contributed by atoms with Crippen LogP contribution in [0.1, 0.15) is 11.1 Å². The second-order valence-corrected chi connectivity index (χ2v) is 10.5. The molecule has 2 aliphatic rings. The van der Waals surface area contributed by atoms with Crippen molar-refractivity contribution in [3.05, 3.63) is 53.1 Å². The summed E-state index contributed by atoms with van der Waals surface area (Å²) in [5.41, 5.74) is 1.34. The predicted molar refractivity (Wildman–Crippen MR) is 142 cm³/mol. The van der Waals surface area contributed by atoms with Gasteiger partial charge in [-0.15, -0.1) is 0 Å². The number of benzene rings is 2. The fourth-order valence-electron chi connectivity index (χ4n) is 3.54. The third-order valence-corrected chi connectivity index (χ3v) is 7.05. The molecular formula is C24H24N4O7S2. The molecule has 0 atom stereocenters. The van der Waals surface area contributed by atoms with Gasteiger partial charge < -0.3 is 18.9 Å². The summed E-state index contributed by atoms with van der Waals surface area (Å²) in [6.45, 7) is 2.45. The van der Waals surface area contributed by atoms with Crippen LogP contribution in [0.2, 0.25) is 0 Å². The molecule has 0 unspecified atom stereocenters. The lowest BCUT2D eigenvalue weighted by molar-refractivity contribution is -0.114. The van der Waals surface area contributed by atoms with Gasteiger partial charge in [0.1, 0.15) is 24.8 Å². The number of nitrogens with zero attached hydrogens (tertiary/aromatic N) is 3. The van der Waals surface area contributed by atoms with Gasteiger partial charge in [0.2, 0.25) is 25.9 Å². The zero-order chi connectivity index (χ0) is 26.7. The molecule has 0 aliphatic carbocycles. The predicted octanol–water partition coefficient (Wildman–Crippen LogP) is 3.09. The topological polar surface area (TPSA) is 140 Å². The number of hydrogen-bond acceptors (Lipinski definition) is 10. The molecule has 1 amide bonds. The van der Waals surface area contributed by atoms with Crippen LogP contribution in [-0.2, 0) is 14.6 Å². The highest BCUT2D eigenvalue weighted by atomic mass is 32.2. The van der Waals surface area contributed by atoms with Gasteiger partial charge in [0, 0.05) is 6.26 Å². The number of hydrogen-bond donors (Lipinski definition) is 1. The second kappa shape index (κ2) is 10.6. The van der Waals surface area contributed by atoms with Gasteiger partial charge in [0.15, 0.2) is 11.5 Å². The number of carbonyl (C=O) groups excluding carboxylic acids is 1. The molecule has 37 heavy (non-hydrogen) atoms. The van der Waals surface area contributed by atoms with Crippen molar-refractivity contribution in [1.82, 2.24) is 4.90 Å². The Labute approximate surface area is 218 Å². The normalized spacial score (nSPS) is 16.3. The Hall–Kier alpha value is -3.84. The summed E-state index contributed by atoms with van der Waals surface area (Å²) in [5.74, 6) is 0.717. The first kappa shape index (κ1) is 26.2. The zero-order valence-corrected chi connectivity index (χ0v) is 22.1. The van der Waals surface area contributed by atoms with E-state index in [1.807, 2.05) is 31.2 Å². The van der Waals surface area contributed by atoms with Crippen molar-refractivity contribution < 1.29 is 32.2 Å². The first-order valence-corrected chi connectivity index (χ1v) is 13.6. The number of aliphatic imine (C=N–C) groups is 1. The SMILES string of the molecule is COc1cc(C=C2C(=N)N3C(=NC2=O)SN=C3S(C)(=O)=O)cc(OC)c1OCCOc1ccccc1C. The number of sulfone groups is 1. The van der Waals surface area contributed by atoms with Gasteiger partial charge in [0.25, 0.3) is 5.91 Å². The molecule has 2 aliphatic heterocycles. The van der Waals surface area contributed by atoms with Crippen molar-refractivity contribution in [3.63, 3.8) is 0 Å². The molecule has 1 N–H and O–H groups in total. The Bertz CT molecular complexity index is 1440. The van der Waals surface area contributed by atoms with E-state index in [1.165, 1.54) is 20.3 Å². The molecule has 0 bridgehead atoms. The molecule has 0 radical (unpaired) electrons. The minimum Gasteiger partial charge on any atom is -0.493 e. The van der Waals surface area contributed by atoms with Gasteiger partial charge >= 0.3 is 0 Å². The quantitative estimate of drug-likeness (QED) is 0.302. The van der Waals surface area contributed by atoms with Crippen LogP contribution >= 0.6 is 11.9 Å². The van der Waals surface area contributed by atoms with Crippen molar-refractivity contribution in [2.75, 3.05) is 33.7 Å². The average Bonchev–Trinajstić information content (AvgIpc) is 3.30. The fraction of sp³-hybridized carbons (Fsp3) is 0.250. The largest absolute Gasteiger partial charge is 0.493 e. The standard InChI is InChI=1S/C24H24N4O7S2/c1-14-7-5-6-8-17(14)34-9-10-35-20-18(32-2)12-15(13-19(20)33-3)11-16-21(25)28-23(26-22(16)29)36-27-24(28)37(4,30)31/h5-8,11-13,25H,9-10H2,1-4H3. The van der Waals surface area contributed by atoms with Gasteiger partial charge in [-0.05, 0) is 42.3 Å². The van der Waals surface area contributed by atoms with Crippen LogP contribution < -0.4 is 18.9 Å². The van der Waals surface area contributed by atoms with Crippen molar-refractivity contribution in [2.45, 2.75) is 6.92 Å². The molecule has 11 nitrogen and oxygen atoms in total. The maximum Gasteiger partial charge on any atom is 0.283 e. The highest BCUT2D eigenvalue weighted by Crippen LogP contribution is 2.39. The Morgan fingerprint density at radius 2 is 1.70 bits per heavy atom. The first-order valence-electron chi connectivity index (χ1n) is 10.9. The van der Waals surface area contributed by atoms with Crippen molar-refractivity contribution in [3.8, 4) is 23.0 Å². The number of nitrogens with one attached hydrogen (secondary N) is 1. The Morgan fingerprint density at radius 3 is 2.32 bits per heavy atom. The Morgan fingerprint density at radius 1 is 1.05 bits per heavy atom. The minimum atomic E-state index is -3.75. The Balaban J connectivity index is 1.57. The van der Waals surface area contributed by atoms with Gasteiger partial charge in [-0.3, -0.25) is 10.2 Å². The van der Waals surface area contributed by atoms with Crippen LogP contribution in [-0.4, -0.2) is 69.1 Å². The van der Waals surface area contributed by atoms with Crippen LogP contribution in [0, 0.1) is 12.3 Å². The second-order valence-electron chi connectivity index (χ2n) is 7.90. The lowest BCUT2D eigenvalue weighted by atomic mass is 10.1. The summed E-state index contributed by atoms with van der Waals surface area (Å²) in [6, 6.07) is 10.9. The summed E-state index contributed by atoms with van der Waals surface area (Å²) < 4.78 is 50.7. The van der Waals surface area contributed by atoms with Crippen molar-refractivity contribution in [1.29, 1.82) is 5.41 Å². The summed E-state index contributed by atoms with van der Waals surface area (Å²) in [4.78, 5) is 17.6. The lowest BCUT2D eigenvalue weighted by Crippen LogP contribution is -2.45. The minimum absolute atomic E-state index is 0.0133. The van der Waals surface area contributed by atoms with E-state index < -0.39 is 15.7 Å². The van der Waals surface area contributed by atoms with Gasteiger partial charge in [0.05, 0.1) is 31.7 Å². The Kier molecular flexibility index (Phi) is 7.55. The number of ether oxygens (including phenoxy) is 4. The third kappa shape index (κ3) is 5.47. The maximum atomic E-state index is 12.7. The number of methoxy groups -OCH3 is 2. The lowest BCUT2D eigenvalue weighted by Gasteiger charge is -2.24. The number of fused-ring (bicyclic) bond motifs is 1. The molecule has 0 aromatic heterocycles. The van der Waals surface area contributed by atoms with E-state index in [4.69, 9.17) is 24.4 Å². The summed E-state index contributed by atoms with van der Waals surface area (Å²) >= 11 is 0.729. The van der Waals surface area contributed by atoms with Crippen LogP contribution in [0.3, 0.4) is 0 Å². The number of aryl methyl sites for hydroxylation is 1. The van der Waals surface area contributed by atoms with E-state index in [0.717, 1.165) is 34.4 Å². The van der Waals surface area contributed by atoms with Gasteiger partial charge in [-0.1, -0.05) is 18.2 Å². The highest BCUT2D eigenvalue weighted by molar-refractivity contribution is 8.16. The monoisotopic (exact) mass is 544 g/mol. The summed E-state index contributed by atoms with van der Waals surface area (Å²) in [5, 5.41) is 8.16. The van der Waals surface area contributed by atoms with Crippen molar-refractivity contribution in [2.24, 2.45) is 9.39 Å². The summed E-state index contributed by atoms with van der Waals surface area (Å²) in [6.07, 6.45) is 2.38. The highest BCUT2D eigenvalue weighted by Gasteiger charge is 2.41. The molecule has 0 spiro atoms. The number of carbonyl (C=O) groups is 1. The summed E-state index contributed by atoms with van der Waals surface area (Å²) in [7, 11) is -0.827. The average molecular weight is 545 g/mol. The molecule has 4 rings (SSSR count). The van der Waals surface area contributed by atoms with Crippen LogP contribution in [0.25, 0.3) is 6.08 Å². The van der Waals surface area contributed by atoms with Crippen LogP contribution in [0.5, 0.6) is 23.0 Å². The molecule has 2 aromatic rings. The number of rotatable bonds is 8. The van der Waals surface area contributed by atoms with E-state index >= 15 is 0 Å².